The van der Waals surface area contributed by atoms with E-state index in [1.54, 1.807) is 0 Å². The van der Waals surface area contributed by atoms with Gasteiger partial charge < -0.3 is 10.6 Å². The maximum Gasteiger partial charge on any atom is 0.223 e. The van der Waals surface area contributed by atoms with Crippen molar-refractivity contribution in [3.05, 3.63) is 30.1 Å². The second-order valence-electron chi connectivity index (χ2n) is 6.92. The molecular weight excluding hydrogens is 300 g/mol. The molecule has 0 atom stereocenters. The normalized spacial score (nSPS) is 18.0. The minimum Gasteiger partial charge on any atom is -0.368 e. The van der Waals surface area contributed by atoms with Crippen molar-refractivity contribution < 1.29 is 4.79 Å². The minimum absolute atomic E-state index is 0.209. The van der Waals surface area contributed by atoms with E-state index in [0.717, 1.165) is 35.4 Å². The number of carbonyl (C=O) groups is 1. The van der Waals surface area contributed by atoms with Gasteiger partial charge >= 0.3 is 0 Å². The molecule has 0 radical (unpaired) electrons. The number of hydrogen-bond acceptors (Lipinski definition) is 4. The average Bonchev–Trinajstić information content (AvgIpc) is 3.32. The maximum atomic E-state index is 12.1. The lowest BCUT2D eigenvalue weighted by atomic mass is 10.1. The standard InChI is InChI=1S/C19H24N4O/c24-19(14-5-1-2-6-14)21-12-11-20-18-15-7-3-4-8-16(15)22-17(23-18)13-9-10-13/h3-4,7-8,13-14H,1-2,5-6,9-12H2,(H,21,24)(H,20,22,23). The predicted octanol–water partition coefficient (Wildman–Crippen LogP) is 3.23. The number of nitrogens with zero attached hydrogens (tertiary/aromatic N) is 2. The first kappa shape index (κ1) is 15.4. The summed E-state index contributed by atoms with van der Waals surface area (Å²) in [7, 11) is 0. The van der Waals surface area contributed by atoms with Crippen molar-refractivity contribution in [1.29, 1.82) is 0 Å². The number of para-hydroxylation sites is 1. The summed E-state index contributed by atoms with van der Waals surface area (Å²) < 4.78 is 0. The molecule has 4 rings (SSSR count). The van der Waals surface area contributed by atoms with Crippen molar-refractivity contribution in [2.45, 2.75) is 44.4 Å². The summed E-state index contributed by atoms with van der Waals surface area (Å²) in [6, 6.07) is 8.11. The van der Waals surface area contributed by atoms with E-state index in [1.807, 2.05) is 24.3 Å². The lowest BCUT2D eigenvalue weighted by molar-refractivity contribution is -0.124. The summed E-state index contributed by atoms with van der Waals surface area (Å²) in [4.78, 5) is 21.5. The van der Waals surface area contributed by atoms with Gasteiger partial charge in [-0.3, -0.25) is 4.79 Å². The van der Waals surface area contributed by atoms with Crippen LogP contribution in [-0.2, 0) is 4.79 Å². The van der Waals surface area contributed by atoms with Gasteiger partial charge in [0.15, 0.2) is 0 Å². The van der Waals surface area contributed by atoms with E-state index in [1.165, 1.54) is 25.7 Å². The van der Waals surface area contributed by atoms with Crippen molar-refractivity contribution >= 4 is 22.6 Å². The molecule has 24 heavy (non-hydrogen) atoms. The Hall–Kier alpha value is -2.17. The van der Waals surface area contributed by atoms with Crippen molar-refractivity contribution in [1.82, 2.24) is 15.3 Å². The molecule has 5 heteroatoms. The molecule has 0 aliphatic heterocycles. The van der Waals surface area contributed by atoms with Gasteiger partial charge in [-0.05, 0) is 37.8 Å². The van der Waals surface area contributed by atoms with Gasteiger partial charge in [0.1, 0.15) is 11.6 Å². The fraction of sp³-hybridized carbons (Fsp3) is 0.526. The molecule has 2 saturated carbocycles. The molecule has 0 unspecified atom stereocenters. The third-order valence-corrected chi connectivity index (χ3v) is 5.01. The molecule has 2 aliphatic carbocycles. The summed E-state index contributed by atoms with van der Waals surface area (Å²) in [6.07, 6.45) is 6.84. The van der Waals surface area contributed by atoms with Gasteiger partial charge in [-0.2, -0.15) is 0 Å². The zero-order valence-electron chi connectivity index (χ0n) is 13.9. The van der Waals surface area contributed by atoms with Crippen molar-refractivity contribution in [2.24, 2.45) is 5.92 Å². The van der Waals surface area contributed by atoms with Crippen LogP contribution in [0.1, 0.15) is 50.3 Å². The van der Waals surface area contributed by atoms with E-state index >= 15 is 0 Å². The van der Waals surface area contributed by atoms with Gasteiger partial charge in [0.2, 0.25) is 5.91 Å². The molecule has 2 aliphatic rings. The van der Waals surface area contributed by atoms with E-state index in [0.29, 0.717) is 19.0 Å². The molecule has 1 aromatic carbocycles. The van der Waals surface area contributed by atoms with Gasteiger partial charge in [-0.25, -0.2) is 9.97 Å². The van der Waals surface area contributed by atoms with Crippen LogP contribution in [0.15, 0.2) is 24.3 Å². The average molecular weight is 324 g/mol. The van der Waals surface area contributed by atoms with Crippen molar-refractivity contribution in [3.8, 4) is 0 Å². The minimum atomic E-state index is 0.209. The molecule has 1 heterocycles. The maximum absolute atomic E-state index is 12.1. The molecule has 5 nitrogen and oxygen atoms in total. The number of amides is 1. The zero-order valence-corrected chi connectivity index (χ0v) is 13.9. The van der Waals surface area contributed by atoms with Crippen LogP contribution in [0.25, 0.3) is 10.9 Å². The topological polar surface area (TPSA) is 66.9 Å². The van der Waals surface area contributed by atoms with Crippen LogP contribution in [0, 0.1) is 5.92 Å². The number of benzene rings is 1. The van der Waals surface area contributed by atoms with Gasteiger partial charge in [-0.1, -0.05) is 25.0 Å². The Balaban J connectivity index is 1.39. The summed E-state index contributed by atoms with van der Waals surface area (Å²) in [5.74, 6) is 2.80. The van der Waals surface area contributed by atoms with E-state index in [4.69, 9.17) is 4.98 Å². The van der Waals surface area contributed by atoms with Crippen LogP contribution < -0.4 is 10.6 Å². The van der Waals surface area contributed by atoms with Crippen LogP contribution in [0.4, 0.5) is 5.82 Å². The van der Waals surface area contributed by atoms with E-state index in [9.17, 15) is 4.79 Å². The van der Waals surface area contributed by atoms with Crippen LogP contribution in [0.2, 0.25) is 0 Å². The third-order valence-electron chi connectivity index (χ3n) is 5.01. The monoisotopic (exact) mass is 324 g/mol. The summed E-state index contributed by atoms with van der Waals surface area (Å²) in [6.45, 7) is 1.32. The van der Waals surface area contributed by atoms with Crippen LogP contribution in [0.5, 0.6) is 0 Å². The quantitative estimate of drug-likeness (QED) is 0.801. The molecule has 1 amide bonds. The number of anilines is 1. The largest absolute Gasteiger partial charge is 0.368 e. The van der Waals surface area contributed by atoms with Crippen molar-refractivity contribution in [3.63, 3.8) is 0 Å². The van der Waals surface area contributed by atoms with E-state index < -0.39 is 0 Å². The Kier molecular flexibility index (Phi) is 4.32. The van der Waals surface area contributed by atoms with Gasteiger partial charge in [0, 0.05) is 30.3 Å². The highest BCUT2D eigenvalue weighted by atomic mass is 16.1. The first-order valence-corrected chi connectivity index (χ1v) is 9.09. The highest BCUT2D eigenvalue weighted by Gasteiger charge is 2.27. The third kappa shape index (κ3) is 3.35. The van der Waals surface area contributed by atoms with Crippen LogP contribution in [0.3, 0.4) is 0 Å². The highest BCUT2D eigenvalue weighted by molar-refractivity contribution is 5.89. The molecule has 0 bridgehead atoms. The smallest absolute Gasteiger partial charge is 0.223 e. The molecule has 2 aromatic rings. The number of nitrogens with one attached hydrogen (secondary N) is 2. The van der Waals surface area contributed by atoms with Crippen LogP contribution in [-0.4, -0.2) is 29.0 Å². The number of rotatable bonds is 6. The first-order chi connectivity index (χ1) is 11.8. The Morgan fingerprint density at radius 2 is 1.83 bits per heavy atom. The van der Waals surface area contributed by atoms with Gasteiger partial charge in [0.25, 0.3) is 0 Å². The van der Waals surface area contributed by atoms with Crippen molar-refractivity contribution in [2.75, 3.05) is 18.4 Å². The summed E-state index contributed by atoms with van der Waals surface area (Å²) >= 11 is 0. The second kappa shape index (κ2) is 6.75. The number of aromatic nitrogens is 2. The first-order valence-electron chi connectivity index (χ1n) is 9.09. The lowest BCUT2D eigenvalue weighted by Crippen LogP contribution is -2.33. The Bertz CT molecular complexity index is 735. The van der Waals surface area contributed by atoms with E-state index in [2.05, 4.69) is 15.6 Å². The highest BCUT2D eigenvalue weighted by Crippen LogP contribution is 2.39. The zero-order chi connectivity index (χ0) is 16.4. The second-order valence-corrected chi connectivity index (χ2v) is 6.92. The lowest BCUT2D eigenvalue weighted by Gasteiger charge is -2.13. The molecule has 0 saturated heterocycles. The molecule has 2 N–H and O–H groups in total. The predicted molar refractivity (Wildman–Crippen MR) is 95.0 cm³/mol. The summed E-state index contributed by atoms with van der Waals surface area (Å²) in [5, 5.41) is 7.48. The Morgan fingerprint density at radius 1 is 1.04 bits per heavy atom. The number of carbonyl (C=O) groups excluding carboxylic acids is 1. The number of hydrogen-bond donors (Lipinski definition) is 2. The fourth-order valence-electron chi connectivity index (χ4n) is 3.45. The SMILES string of the molecule is O=C(NCCNc1nc(C2CC2)nc2ccccc12)C1CCCC1. The van der Waals surface area contributed by atoms with Gasteiger partial charge in [-0.15, -0.1) is 0 Å². The Morgan fingerprint density at radius 3 is 2.62 bits per heavy atom. The number of fused-ring (bicyclic) bond motifs is 1. The summed E-state index contributed by atoms with van der Waals surface area (Å²) in [5.41, 5.74) is 0.992. The van der Waals surface area contributed by atoms with Gasteiger partial charge in [0.05, 0.1) is 5.52 Å². The van der Waals surface area contributed by atoms with Crippen LogP contribution >= 0.6 is 0 Å². The molecule has 2 fully saturated rings. The fourth-order valence-corrected chi connectivity index (χ4v) is 3.45. The molecule has 1 aromatic heterocycles. The van der Waals surface area contributed by atoms with E-state index in [-0.39, 0.29) is 11.8 Å². The molecular formula is C19H24N4O. The molecule has 0 spiro atoms. The Labute approximate surface area is 142 Å². The molecule has 126 valence electrons.